The van der Waals surface area contributed by atoms with Crippen molar-refractivity contribution >= 4 is 5.91 Å². The minimum atomic E-state index is -0.328. The highest BCUT2D eigenvalue weighted by atomic mass is 16.5. The number of ether oxygens (including phenoxy) is 1. The zero-order valence-electron chi connectivity index (χ0n) is 11.4. The van der Waals surface area contributed by atoms with Gasteiger partial charge in [-0.2, -0.15) is 0 Å². The van der Waals surface area contributed by atoms with Crippen LogP contribution in [-0.4, -0.2) is 19.1 Å². The van der Waals surface area contributed by atoms with E-state index < -0.39 is 0 Å². The molecule has 0 aliphatic carbocycles. The predicted octanol–water partition coefficient (Wildman–Crippen LogP) is 1.86. The Morgan fingerprint density at radius 1 is 1.33 bits per heavy atom. The Balaban J connectivity index is 2.79. The molecule has 0 bridgehead atoms. The molecular formula is C14H22N2O2. The summed E-state index contributed by atoms with van der Waals surface area (Å²) in [5, 5.41) is 3.25. The summed E-state index contributed by atoms with van der Waals surface area (Å²) in [6, 6.07) is 7.49. The third-order valence-electron chi connectivity index (χ3n) is 3.00. The molecule has 0 saturated carbocycles. The van der Waals surface area contributed by atoms with Gasteiger partial charge in [-0.05, 0) is 30.5 Å². The number of hydrogen-bond donors (Lipinski definition) is 2. The second-order valence-corrected chi connectivity index (χ2v) is 4.79. The standard InChI is InChI=1S/C14H22N2O2/c1-9(2)13(14(15)17)16-10(3)11-6-5-7-12(8-11)18-4/h5-10,13,16H,1-4H3,(H2,15,17). The molecule has 2 atom stereocenters. The van der Waals surface area contributed by atoms with Crippen molar-refractivity contribution in [3.05, 3.63) is 29.8 Å². The zero-order chi connectivity index (χ0) is 13.7. The first-order valence-electron chi connectivity index (χ1n) is 6.15. The van der Waals surface area contributed by atoms with Crippen molar-refractivity contribution in [2.45, 2.75) is 32.9 Å². The number of carbonyl (C=O) groups is 1. The van der Waals surface area contributed by atoms with E-state index >= 15 is 0 Å². The minimum Gasteiger partial charge on any atom is -0.497 e. The summed E-state index contributed by atoms with van der Waals surface area (Å²) in [5.74, 6) is 0.650. The molecule has 4 heteroatoms. The van der Waals surface area contributed by atoms with Gasteiger partial charge in [0.2, 0.25) is 5.91 Å². The molecule has 2 unspecified atom stereocenters. The summed E-state index contributed by atoms with van der Waals surface area (Å²) in [4.78, 5) is 11.4. The fourth-order valence-electron chi connectivity index (χ4n) is 1.88. The molecule has 1 amide bonds. The molecule has 0 heterocycles. The van der Waals surface area contributed by atoms with Gasteiger partial charge in [0.25, 0.3) is 0 Å². The van der Waals surface area contributed by atoms with E-state index in [0.29, 0.717) is 0 Å². The van der Waals surface area contributed by atoms with Crippen LogP contribution in [0, 0.1) is 5.92 Å². The summed E-state index contributed by atoms with van der Waals surface area (Å²) in [5.41, 5.74) is 6.46. The average molecular weight is 250 g/mol. The lowest BCUT2D eigenvalue weighted by atomic mass is 10.0. The van der Waals surface area contributed by atoms with Crippen LogP contribution in [0.5, 0.6) is 5.75 Å². The number of rotatable bonds is 6. The van der Waals surface area contributed by atoms with E-state index in [1.54, 1.807) is 7.11 Å². The van der Waals surface area contributed by atoms with Crippen molar-refractivity contribution in [2.24, 2.45) is 11.7 Å². The summed E-state index contributed by atoms with van der Waals surface area (Å²) in [7, 11) is 1.64. The van der Waals surface area contributed by atoms with E-state index in [9.17, 15) is 4.79 Å². The average Bonchev–Trinajstić information content (AvgIpc) is 2.34. The Hall–Kier alpha value is -1.55. The number of benzene rings is 1. The van der Waals surface area contributed by atoms with Crippen molar-refractivity contribution in [1.29, 1.82) is 0 Å². The Kier molecular flexibility index (Phi) is 5.16. The van der Waals surface area contributed by atoms with E-state index in [2.05, 4.69) is 5.32 Å². The first kappa shape index (κ1) is 14.5. The van der Waals surface area contributed by atoms with Crippen LogP contribution in [0.15, 0.2) is 24.3 Å². The molecule has 1 aromatic rings. The van der Waals surface area contributed by atoms with Crippen molar-refractivity contribution in [3.63, 3.8) is 0 Å². The summed E-state index contributed by atoms with van der Waals surface area (Å²) in [6.45, 7) is 5.95. The smallest absolute Gasteiger partial charge is 0.234 e. The molecule has 1 aromatic carbocycles. The number of carbonyl (C=O) groups excluding carboxylic acids is 1. The molecule has 1 rings (SSSR count). The highest BCUT2D eigenvalue weighted by Crippen LogP contribution is 2.20. The van der Waals surface area contributed by atoms with Crippen LogP contribution in [-0.2, 0) is 4.79 Å². The fraction of sp³-hybridized carbons (Fsp3) is 0.500. The molecule has 0 radical (unpaired) electrons. The van der Waals surface area contributed by atoms with Crippen molar-refractivity contribution in [3.8, 4) is 5.75 Å². The third kappa shape index (κ3) is 3.74. The van der Waals surface area contributed by atoms with Gasteiger partial charge in [-0.3, -0.25) is 10.1 Å². The molecule has 0 saturated heterocycles. The third-order valence-corrected chi connectivity index (χ3v) is 3.00. The Morgan fingerprint density at radius 3 is 2.50 bits per heavy atom. The number of nitrogens with one attached hydrogen (secondary N) is 1. The Morgan fingerprint density at radius 2 is 2.00 bits per heavy atom. The van der Waals surface area contributed by atoms with E-state index in [0.717, 1.165) is 11.3 Å². The maximum Gasteiger partial charge on any atom is 0.234 e. The lowest BCUT2D eigenvalue weighted by Gasteiger charge is -2.24. The van der Waals surface area contributed by atoms with Gasteiger partial charge in [-0.15, -0.1) is 0 Å². The summed E-state index contributed by atoms with van der Waals surface area (Å²) in [6.07, 6.45) is 0. The lowest BCUT2D eigenvalue weighted by Crippen LogP contribution is -2.45. The SMILES string of the molecule is COc1cccc(C(C)NC(C(N)=O)C(C)C)c1. The van der Waals surface area contributed by atoms with Gasteiger partial charge in [-0.25, -0.2) is 0 Å². The van der Waals surface area contributed by atoms with Crippen molar-refractivity contribution < 1.29 is 9.53 Å². The van der Waals surface area contributed by atoms with Crippen LogP contribution < -0.4 is 15.8 Å². The van der Waals surface area contributed by atoms with Crippen molar-refractivity contribution in [1.82, 2.24) is 5.32 Å². The molecule has 0 fully saturated rings. The molecule has 0 aliphatic rings. The van der Waals surface area contributed by atoms with Crippen LogP contribution in [0.2, 0.25) is 0 Å². The van der Waals surface area contributed by atoms with Gasteiger partial charge < -0.3 is 10.5 Å². The van der Waals surface area contributed by atoms with Crippen LogP contribution >= 0.6 is 0 Å². The van der Waals surface area contributed by atoms with Crippen LogP contribution in [0.25, 0.3) is 0 Å². The molecule has 18 heavy (non-hydrogen) atoms. The maximum absolute atomic E-state index is 11.4. The van der Waals surface area contributed by atoms with E-state index in [1.165, 1.54) is 0 Å². The topological polar surface area (TPSA) is 64.3 Å². The molecule has 0 aliphatic heterocycles. The van der Waals surface area contributed by atoms with E-state index in [1.807, 2.05) is 45.0 Å². The quantitative estimate of drug-likeness (QED) is 0.810. The summed E-state index contributed by atoms with van der Waals surface area (Å²) >= 11 is 0. The maximum atomic E-state index is 11.4. The van der Waals surface area contributed by atoms with Crippen LogP contribution in [0.3, 0.4) is 0 Å². The van der Waals surface area contributed by atoms with Gasteiger partial charge >= 0.3 is 0 Å². The first-order chi connectivity index (χ1) is 8.45. The van der Waals surface area contributed by atoms with Gasteiger partial charge in [0.05, 0.1) is 13.2 Å². The van der Waals surface area contributed by atoms with Crippen molar-refractivity contribution in [2.75, 3.05) is 7.11 Å². The molecule has 3 N–H and O–H groups in total. The molecule has 0 aromatic heterocycles. The van der Waals surface area contributed by atoms with E-state index in [4.69, 9.17) is 10.5 Å². The second-order valence-electron chi connectivity index (χ2n) is 4.79. The lowest BCUT2D eigenvalue weighted by molar-refractivity contribution is -0.121. The van der Waals surface area contributed by atoms with Gasteiger partial charge in [0, 0.05) is 6.04 Å². The van der Waals surface area contributed by atoms with Gasteiger partial charge in [-0.1, -0.05) is 26.0 Å². The molecule has 0 spiro atoms. The number of methoxy groups -OCH3 is 1. The molecule has 100 valence electrons. The van der Waals surface area contributed by atoms with Gasteiger partial charge in [0.15, 0.2) is 0 Å². The monoisotopic (exact) mass is 250 g/mol. The number of amides is 1. The molecule has 4 nitrogen and oxygen atoms in total. The van der Waals surface area contributed by atoms with E-state index in [-0.39, 0.29) is 23.9 Å². The fourth-order valence-corrected chi connectivity index (χ4v) is 1.88. The summed E-state index contributed by atoms with van der Waals surface area (Å²) < 4.78 is 5.19. The zero-order valence-corrected chi connectivity index (χ0v) is 11.4. The second kappa shape index (κ2) is 6.40. The number of nitrogens with two attached hydrogens (primary N) is 1. The normalized spacial score (nSPS) is 14.3. The minimum absolute atomic E-state index is 0.0417. The van der Waals surface area contributed by atoms with Crippen LogP contribution in [0.4, 0.5) is 0 Å². The highest BCUT2D eigenvalue weighted by Gasteiger charge is 2.21. The predicted molar refractivity (Wildman–Crippen MR) is 72.4 cm³/mol. The Bertz CT molecular complexity index is 405. The first-order valence-corrected chi connectivity index (χ1v) is 6.15. The Labute approximate surface area is 109 Å². The molecular weight excluding hydrogens is 228 g/mol. The highest BCUT2D eigenvalue weighted by molar-refractivity contribution is 5.80. The largest absolute Gasteiger partial charge is 0.497 e. The van der Waals surface area contributed by atoms with Crippen LogP contribution in [0.1, 0.15) is 32.4 Å². The number of hydrogen-bond acceptors (Lipinski definition) is 3. The van der Waals surface area contributed by atoms with Gasteiger partial charge in [0.1, 0.15) is 5.75 Å². The number of primary amides is 1.